The zero-order valence-corrected chi connectivity index (χ0v) is 21.1. The maximum atomic E-state index is 13.1. The quantitative estimate of drug-likeness (QED) is 0.345. The lowest BCUT2D eigenvalue weighted by atomic mass is 10.1. The molecule has 0 spiro atoms. The monoisotopic (exact) mass is 514 g/mol. The Kier molecular flexibility index (Phi) is 5.58. The molecule has 1 saturated carbocycles. The zero-order valence-electron chi connectivity index (χ0n) is 21.1. The number of nitrogens with zero attached hydrogens (tertiary/aromatic N) is 4. The molecule has 2 amide bonds. The summed E-state index contributed by atoms with van der Waals surface area (Å²) in [5.41, 5.74) is 4.53. The number of likely N-dealkylation sites (tertiary alicyclic amines) is 1. The van der Waals surface area contributed by atoms with Crippen LogP contribution in [0, 0.1) is 11.8 Å². The Labute approximate surface area is 225 Å². The van der Waals surface area contributed by atoms with Crippen LogP contribution in [-0.4, -0.2) is 50.2 Å². The van der Waals surface area contributed by atoms with Crippen molar-refractivity contribution in [3.63, 3.8) is 0 Å². The van der Waals surface area contributed by atoms with Crippen LogP contribution in [0.5, 0.6) is 0 Å². The predicted molar refractivity (Wildman–Crippen MR) is 149 cm³/mol. The fourth-order valence-electron chi connectivity index (χ4n) is 5.49. The number of benzene rings is 2. The normalized spacial score (nSPS) is 19.5. The molecule has 39 heavy (non-hydrogen) atoms. The Morgan fingerprint density at radius 2 is 1.62 bits per heavy atom. The highest BCUT2D eigenvalue weighted by Crippen LogP contribution is 2.46. The van der Waals surface area contributed by atoms with Gasteiger partial charge in [-0.25, -0.2) is 9.97 Å². The van der Waals surface area contributed by atoms with E-state index in [0.29, 0.717) is 30.2 Å². The van der Waals surface area contributed by atoms with E-state index in [1.165, 1.54) is 0 Å². The summed E-state index contributed by atoms with van der Waals surface area (Å²) < 4.78 is 1.96. The van der Waals surface area contributed by atoms with Crippen LogP contribution in [0.3, 0.4) is 0 Å². The van der Waals surface area contributed by atoms with Gasteiger partial charge in [0, 0.05) is 60.2 Å². The Hall–Kier alpha value is -4.98. The summed E-state index contributed by atoms with van der Waals surface area (Å²) in [6.07, 6.45) is 3.92. The maximum Gasteiger partial charge on any atom is 0.272 e. The molecule has 2 atom stereocenters. The highest BCUT2D eigenvalue weighted by atomic mass is 16.2. The molecule has 5 aromatic rings. The number of piperidine rings is 1. The number of nitrogens with one attached hydrogen (secondary N) is 2. The number of imidazole rings is 1. The van der Waals surface area contributed by atoms with Crippen molar-refractivity contribution in [1.29, 1.82) is 0 Å². The van der Waals surface area contributed by atoms with Crippen molar-refractivity contribution in [3.8, 4) is 11.3 Å². The number of fused-ring (bicyclic) bond motifs is 2. The van der Waals surface area contributed by atoms with E-state index in [1.54, 1.807) is 6.07 Å². The van der Waals surface area contributed by atoms with E-state index in [-0.39, 0.29) is 29.7 Å². The van der Waals surface area contributed by atoms with Gasteiger partial charge in [-0.15, -0.1) is 0 Å². The summed E-state index contributed by atoms with van der Waals surface area (Å²) >= 11 is 0. The average Bonchev–Trinajstić information content (AvgIpc) is 3.31. The summed E-state index contributed by atoms with van der Waals surface area (Å²) in [5, 5.41) is 6.42. The van der Waals surface area contributed by atoms with Crippen LogP contribution in [0.2, 0.25) is 0 Å². The number of hydrogen-bond acceptors (Lipinski definition) is 5. The van der Waals surface area contributed by atoms with Crippen molar-refractivity contribution < 1.29 is 9.59 Å². The summed E-state index contributed by atoms with van der Waals surface area (Å²) in [7, 11) is 0. The molecule has 0 radical (unpaired) electrons. The van der Waals surface area contributed by atoms with Crippen molar-refractivity contribution in [3.05, 3.63) is 115 Å². The molecule has 2 aromatic carbocycles. The molecule has 8 nitrogen and oxygen atoms in total. The molecule has 2 fully saturated rings. The topological polar surface area (TPSA) is 91.6 Å². The second-order valence-corrected chi connectivity index (χ2v) is 10.1. The fraction of sp³-hybridized carbons (Fsp3) is 0.161. The number of amides is 2. The number of hydrogen-bond donors (Lipinski definition) is 2. The predicted octanol–water partition coefficient (Wildman–Crippen LogP) is 4.64. The maximum absolute atomic E-state index is 13.1. The van der Waals surface area contributed by atoms with Crippen molar-refractivity contribution in [2.75, 3.05) is 18.4 Å². The van der Waals surface area contributed by atoms with E-state index in [1.807, 2.05) is 107 Å². The van der Waals surface area contributed by atoms with E-state index in [0.717, 1.165) is 22.6 Å². The number of carbonyl (C=O) groups excluding carboxylic acids is 2. The minimum Gasteiger partial charge on any atom is -0.349 e. The Bertz CT molecular complexity index is 1650. The third-order valence-corrected chi connectivity index (χ3v) is 7.58. The van der Waals surface area contributed by atoms with Crippen molar-refractivity contribution in [2.24, 2.45) is 11.8 Å². The van der Waals surface area contributed by atoms with Crippen LogP contribution >= 0.6 is 0 Å². The lowest BCUT2D eigenvalue weighted by molar-refractivity contribution is 0.0764. The highest BCUT2D eigenvalue weighted by molar-refractivity contribution is 5.96. The van der Waals surface area contributed by atoms with Gasteiger partial charge in [-0.2, -0.15) is 0 Å². The molecular formula is C31H26N6O2. The van der Waals surface area contributed by atoms with Gasteiger partial charge in [0.15, 0.2) is 0 Å². The minimum absolute atomic E-state index is 0.0795. The Morgan fingerprint density at radius 1 is 0.821 bits per heavy atom. The van der Waals surface area contributed by atoms with Crippen LogP contribution in [0.25, 0.3) is 16.9 Å². The molecule has 2 unspecified atom stereocenters. The Morgan fingerprint density at radius 3 is 2.44 bits per heavy atom. The molecule has 1 aliphatic carbocycles. The SMILES string of the molecule is O=C(NC1C2CN(C(=O)c3cccc(Nc4ccccc4)n3)CC21)c1cccc(-c2cn3ccccc3n2)c1. The fourth-order valence-corrected chi connectivity index (χ4v) is 5.49. The first-order valence-electron chi connectivity index (χ1n) is 13.1. The van der Waals surface area contributed by atoms with Crippen LogP contribution in [-0.2, 0) is 0 Å². The number of aromatic nitrogens is 3. The van der Waals surface area contributed by atoms with Gasteiger partial charge >= 0.3 is 0 Å². The van der Waals surface area contributed by atoms with Gasteiger partial charge in [0.25, 0.3) is 11.8 Å². The van der Waals surface area contributed by atoms with Gasteiger partial charge in [0.05, 0.1) is 5.69 Å². The molecule has 4 heterocycles. The number of carbonyl (C=O) groups is 2. The van der Waals surface area contributed by atoms with Gasteiger partial charge in [-0.05, 0) is 48.5 Å². The van der Waals surface area contributed by atoms with Crippen molar-refractivity contribution in [2.45, 2.75) is 6.04 Å². The van der Waals surface area contributed by atoms with Crippen LogP contribution in [0.1, 0.15) is 20.8 Å². The lowest BCUT2D eigenvalue weighted by Gasteiger charge is -2.20. The largest absolute Gasteiger partial charge is 0.349 e. The first-order valence-corrected chi connectivity index (χ1v) is 13.1. The molecule has 7 rings (SSSR count). The molecule has 8 heteroatoms. The van der Waals surface area contributed by atoms with E-state index >= 15 is 0 Å². The van der Waals surface area contributed by atoms with E-state index in [9.17, 15) is 9.59 Å². The summed E-state index contributed by atoms with van der Waals surface area (Å²) in [6.45, 7) is 1.24. The Balaban J connectivity index is 0.973. The van der Waals surface area contributed by atoms with Crippen LogP contribution in [0.4, 0.5) is 11.5 Å². The molecule has 0 bridgehead atoms. The first kappa shape index (κ1) is 23.2. The molecule has 1 aliphatic heterocycles. The molecule has 1 saturated heterocycles. The van der Waals surface area contributed by atoms with Crippen molar-refractivity contribution >= 4 is 29.0 Å². The minimum atomic E-state index is -0.0979. The van der Waals surface area contributed by atoms with Crippen LogP contribution < -0.4 is 10.6 Å². The van der Waals surface area contributed by atoms with Crippen molar-refractivity contribution in [1.82, 2.24) is 24.6 Å². The van der Waals surface area contributed by atoms with Gasteiger partial charge < -0.3 is 19.9 Å². The van der Waals surface area contributed by atoms with Gasteiger partial charge in [-0.3, -0.25) is 9.59 Å². The summed E-state index contributed by atoms with van der Waals surface area (Å²) in [5.74, 6) is 0.992. The highest BCUT2D eigenvalue weighted by Gasteiger charge is 2.57. The first-order chi connectivity index (χ1) is 19.1. The van der Waals surface area contributed by atoms with E-state index in [2.05, 4.69) is 20.6 Å². The third-order valence-electron chi connectivity index (χ3n) is 7.58. The lowest BCUT2D eigenvalue weighted by Crippen LogP contribution is -2.37. The van der Waals surface area contributed by atoms with Gasteiger partial charge in [0.1, 0.15) is 17.2 Å². The van der Waals surface area contributed by atoms with Crippen LogP contribution in [0.15, 0.2) is 103 Å². The summed E-state index contributed by atoms with van der Waals surface area (Å²) in [4.78, 5) is 37.3. The molecule has 2 N–H and O–H groups in total. The van der Waals surface area contributed by atoms with E-state index in [4.69, 9.17) is 0 Å². The number of anilines is 2. The van der Waals surface area contributed by atoms with Gasteiger partial charge in [-0.1, -0.05) is 42.5 Å². The second kappa shape index (κ2) is 9.40. The average molecular weight is 515 g/mol. The number of rotatable bonds is 6. The smallest absolute Gasteiger partial charge is 0.272 e. The number of pyridine rings is 2. The summed E-state index contributed by atoms with van der Waals surface area (Å²) in [6, 6.07) is 28.7. The number of para-hydroxylation sites is 1. The van der Waals surface area contributed by atoms with E-state index < -0.39 is 0 Å². The molecule has 192 valence electrons. The molecule has 3 aromatic heterocycles. The zero-order chi connectivity index (χ0) is 26.3. The molecular weight excluding hydrogens is 488 g/mol. The third kappa shape index (κ3) is 4.50. The molecule has 2 aliphatic rings. The second-order valence-electron chi connectivity index (χ2n) is 10.1. The standard InChI is InChI=1S/C31H26N6O2/c38-30(21-9-6-8-20(16-21)26-19-36-15-5-4-14-28(36)34-26)35-29-23-17-37(18-24(23)29)31(39)25-12-7-13-27(33-25)32-22-10-2-1-3-11-22/h1-16,19,23-24,29H,17-18H2,(H,32,33)(H,35,38). The van der Waals surface area contributed by atoms with Gasteiger partial charge in [0.2, 0.25) is 0 Å².